The average molecular weight is 406 g/mol. The van der Waals surface area contributed by atoms with Crippen molar-refractivity contribution < 1.29 is 14.3 Å². The van der Waals surface area contributed by atoms with Gasteiger partial charge >= 0.3 is 0 Å². The first kappa shape index (κ1) is 20.4. The maximum Gasteiger partial charge on any atom is 0.266 e. The zero-order valence-corrected chi connectivity index (χ0v) is 18.0. The van der Waals surface area contributed by atoms with Crippen LogP contribution in [0.1, 0.15) is 56.2 Å². The predicted octanol–water partition coefficient (Wildman–Crippen LogP) is 4.90. The van der Waals surface area contributed by atoms with E-state index in [1.807, 2.05) is 19.9 Å². The molecule has 1 aromatic rings. The third kappa shape index (κ3) is 4.55. The molecule has 0 aromatic heterocycles. The second-order valence-corrected chi connectivity index (χ2v) is 8.94. The van der Waals surface area contributed by atoms with E-state index in [0.717, 1.165) is 41.9 Å². The Hall–Kier alpha value is -1.37. The summed E-state index contributed by atoms with van der Waals surface area (Å²) in [6.07, 6.45) is 4.11. The molecule has 2 heterocycles. The predicted molar refractivity (Wildman–Crippen MR) is 115 cm³/mol. The zero-order chi connectivity index (χ0) is 19.6. The van der Waals surface area contributed by atoms with E-state index in [4.69, 9.17) is 21.7 Å². The summed E-state index contributed by atoms with van der Waals surface area (Å²) < 4.78 is 12.1. The number of amides is 1. The monoisotopic (exact) mass is 405 g/mol. The van der Waals surface area contributed by atoms with Crippen molar-refractivity contribution in [2.45, 2.75) is 52.6 Å². The fourth-order valence-corrected chi connectivity index (χ4v) is 4.66. The van der Waals surface area contributed by atoms with Gasteiger partial charge in [0.15, 0.2) is 0 Å². The highest BCUT2D eigenvalue weighted by molar-refractivity contribution is 8.26. The highest BCUT2D eigenvalue weighted by Gasteiger charge is 2.34. The lowest BCUT2D eigenvalue weighted by Gasteiger charge is -2.18. The molecule has 146 valence electrons. The SMILES string of the molecule is CCOc1cc(C)c(/C=C2\SC(=S)N(C[C@@H]3CCCO3)C2=O)cc1C(C)C. The Morgan fingerprint density at radius 2 is 2.22 bits per heavy atom. The van der Waals surface area contributed by atoms with Gasteiger partial charge in [-0.3, -0.25) is 9.69 Å². The fraction of sp³-hybridized carbons (Fsp3) is 0.524. The molecule has 0 unspecified atom stereocenters. The van der Waals surface area contributed by atoms with E-state index in [1.54, 1.807) is 4.90 Å². The number of hydrogen-bond donors (Lipinski definition) is 0. The van der Waals surface area contributed by atoms with Crippen LogP contribution in [0.3, 0.4) is 0 Å². The number of rotatable bonds is 6. The Kier molecular flexibility index (Phi) is 6.61. The number of nitrogens with zero attached hydrogens (tertiary/aromatic N) is 1. The first-order valence-corrected chi connectivity index (χ1v) is 10.8. The smallest absolute Gasteiger partial charge is 0.266 e. The molecule has 0 saturated carbocycles. The summed E-state index contributed by atoms with van der Waals surface area (Å²) in [6, 6.07) is 4.20. The van der Waals surface area contributed by atoms with Crippen molar-refractivity contribution in [3.05, 3.63) is 33.7 Å². The third-order valence-electron chi connectivity index (χ3n) is 4.89. The Bertz CT molecular complexity index is 767. The van der Waals surface area contributed by atoms with Crippen molar-refractivity contribution in [2.75, 3.05) is 19.8 Å². The first-order chi connectivity index (χ1) is 12.9. The minimum atomic E-state index is -0.0140. The molecule has 27 heavy (non-hydrogen) atoms. The first-order valence-electron chi connectivity index (χ1n) is 9.55. The molecule has 4 nitrogen and oxygen atoms in total. The zero-order valence-electron chi connectivity index (χ0n) is 16.4. The fourth-order valence-electron chi connectivity index (χ4n) is 3.39. The van der Waals surface area contributed by atoms with Gasteiger partial charge in [0.25, 0.3) is 5.91 Å². The second-order valence-electron chi connectivity index (χ2n) is 7.26. The summed E-state index contributed by atoms with van der Waals surface area (Å²) in [5.74, 6) is 1.25. The average Bonchev–Trinajstić information content (AvgIpc) is 3.21. The molecule has 0 N–H and O–H groups in total. The Balaban J connectivity index is 1.86. The third-order valence-corrected chi connectivity index (χ3v) is 6.27. The van der Waals surface area contributed by atoms with Gasteiger partial charge in [-0.15, -0.1) is 0 Å². The van der Waals surface area contributed by atoms with E-state index in [0.29, 0.717) is 28.3 Å². The number of thioether (sulfide) groups is 1. The molecule has 6 heteroatoms. The van der Waals surface area contributed by atoms with Crippen LogP contribution >= 0.6 is 24.0 Å². The topological polar surface area (TPSA) is 38.8 Å². The van der Waals surface area contributed by atoms with Gasteiger partial charge in [-0.2, -0.15) is 0 Å². The van der Waals surface area contributed by atoms with Crippen LogP contribution in [-0.2, 0) is 9.53 Å². The maximum atomic E-state index is 12.9. The minimum Gasteiger partial charge on any atom is -0.494 e. The van der Waals surface area contributed by atoms with Gasteiger partial charge in [0.1, 0.15) is 10.1 Å². The van der Waals surface area contributed by atoms with Crippen molar-refractivity contribution in [3.8, 4) is 5.75 Å². The van der Waals surface area contributed by atoms with Crippen molar-refractivity contribution in [1.29, 1.82) is 0 Å². The highest BCUT2D eigenvalue weighted by atomic mass is 32.2. The normalized spacial score (nSPS) is 21.7. The van der Waals surface area contributed by atoms with E-state index in [9.17, 15) is 4.79 Å². The number of carbonyl (C=O) groups is 1. The van der Waals surface area contributed by atoms with Gasteiger partial charge in [-0.1, -0.05) is 37.8 Å². The van der Waals surface area contributed by atoms with Crippen LogP contribution in [0.2, 0.25) is 0 Å². The molecule has 0 spiro atoms. The van der Waals surface area contributed by atoms with Gasteiger partial charge in [0.2, 0.25) is 0 Å². The summed E-state index contributed by atoms with van der Waals surface area (Å²) in [6.45, 7) is 10.3. The largest absolute Gasteiger partial charge is 0.494 e. The summed E-state index contributed by atoms with van der Waals surface area (Å²) in [5, 5.41) is 0. The van der Waals surface area contributed by atoms with Crippen LogP contribution in [0.15, 0.2) is 17.0 Å². The van der Waals surface area contributed by atoms with Crippen LogP contribution < -0.4 is 4.74 Å². The van der Waals surface area contributed by atoms with Gasteiger partial charge < -0.3 is 9.47 Å². The highest BCUT2D eigenvalue weighted by Crippen LogP contribution is 2.36. The molecule has 3 rings (SSSR count). The lowest BCUT2D eigenvalue weighted by atomic mass is 9.96. The Morgan fingerprint density at radius 1 is 1.44 bits per heavy atom. The molecule has 1 aromatic carbocycles. The van der Waals surface area contributed by atoms with Crippen molar-refractivity contribution in [2.24, 2.45) is 0 Å². The summed E-state index contributed by atoms with van der Waals surface area (Å²) in [4.78, 5) is 15.2. The van der Waals surface area contributed by atoms with E-state index in [2.05, 4.69) is 26.0 Å². The summed E-state index contributed by atoms with van der Waals surface area (Å²) in [5.41, 5.74) is 3.29. The molecule has 1 atom stereocenters. The van der Waals surface area contributed by atoms with E-state index >= 15 is 0 Å². The molecule has 0 aliphatic carbocycles. The van der Waals surface area contributed by atoms with Gasteiger partial charge in [-0.05, 0) is 67.5 Å². The van der Waals surface area contributed by atoms with Crippen LogP contribution in [-0.4, -0.2) is 41.0 Å². The molecular formula is C21H27NO3S2. The van der Waals surface area contributed by atoms with E-state index in [1.165, 1.54) is 11.8 Å². The molecular weight excluding hydrogens is 378 g/mol. The van der Waals surface area contributed by atoms with Crippen molar-refractivity contribution in [3.63, 3.8) is 0 Å². The molecule has 2 aliphatic heterocycles. The Labute approximate surface area is 171 Å². The standard InChI is InChI=1S/C21H27NO3S2/c1-5-24-18-9-14(4)15(10-17(18)13(2)3)11-19-20(23)22(21(26)27-19)12-16-7-6-8-25-16/h9-11,13,16H,5-8,12H2,1-4H3/b19-11-/t16-/m0/s1. The maximum absolute atomic E-state index is 12.9. The van der Waals surface area contributed by atoms with Crippen LogP contribution in [0.25, 0.3) is 6.08 Å². The number of carbonyl (C=O) groups excluding carboxylic acids is 1. The van der Waals surface area contributed by atoms with Crippen molar-refractivity contribution >= 4 is 40.3 Å². The molecule has 0 radical (unpaired) electrons. The van der Waals surface area contributed by atoms with Crippen molar-refractivity contribution in [1.82, 2.24) is 4.90 Å². The molecule has 1 amide bonds. The van der Waals surface area contributed by atoms with Gasteiger partial charge in [0.05, 0.1) is 24.2 Å². The number of hydrogen-bond acceptors (Lipinski definition) is 5. The number of aryl methyl sites for hydroxylation is 1. The van der Waals surface area contributed by atoms with Crippen LogP contribution in [0.5, 0.6) is 5.75 Å². The summed E-state index contributed by atoms with van der Waals surface area (Å²) in [7, 11) is 0. The summed E-state index contributed by atoms with van der Waals surface area (Å²) >= 11 is 6.83. The molecule has 2 fully saturated rings. The molecule has 0 bridgehead atoms. The minimum absolute atomic E-state index is 0.0140. The quantitative estimate of drug-likeness (QED) is 0.497. The van der Waals surface area contributed by atoms with Crippen LogP contribution in [0, 0.1) is 6.92 Å². The molecule has 2 aliphatic rings. The van der Waals surface area contributed by atoms with Gasteiger partial charge in [-0.25, -0.2) is 0 Å². The van der Waals surface area contributed by atoms with Gasteiger partial charge in [0, 0.05) is 6.61 Å². The number of benzene rings is 1. The van der Waals surface area contributed by atoms with E-state index < -0.39 is 0 Å². The Morgan fingerprint density at radius 3 is 2.85 bits per heavy atom. The van der Waals surface area contributed by atoms with Crippen LogP contribution in [0.4, 0.5) is 0 Å². The van der Waals surface area contributed by atoms with E-state index in [-0.39, 0.29) is 12.0 Å². The number of thiocarbonyl (C=S) groups is 1. The number of ether oxygens (including phenoxy) is 2. The lowest BCUT2D eigenvalue weighted by Crippen LogP contribution is -2.35. The second kappa shape index (κ2) is 8.76. The lowest BCUT2D eigenvalue weighted by molar-refractivity contribution is -0.123. The molecule has 2 saturated heterocycles.